The molecule has 3 aliphatic rings. The maximum absolute atomic E-state index is 14.4. The molecule has 3 unspecified atom stereocenters. The van der Waals surface area contributed by atoms with E-state index in [0.29, 0.717) is 28.8 Å². The van der Waals surface area contributed by atoms with E-state index in [0.717, 1.165) is 12.8 Å². The van der Waals surface area contributed by atoms with Crippen LogP contribution in [0.25, 0.3) is 0 Å². The molecule has 0 aliphatic carbocycles. The van der Waals surface area contributed by atoms with E-state index in [9.17, 15) is 9.59 Å². The molecule has 0 aromatic heterocycles. The first-order valence-electron chi connectivity index (χ1n) is 14.3. The largest absolute Gasteiger partial charge is 0.511 e. The number of nitrogens with zero attached hydrogens (tertiary/aromatic N) is 1. The number of alkyl halides is 1. The predicted molar refractivity (Wildman–Crippen MR) is 151 cm³/mol. The molecule has 0 radical (unpaired) electrons. The number of benzene rings is 3. The zero-order valence-electron chi connectivity index (χ0n) is 22.5. The fraction of sp³-hybridized carbons (Fsp3) is 0.394. The van der Waals surface area contributed by atoms with E-state index in [-0.39, 0.29) is 6.10 Å². The van der Waals surface area contributed by atoms with Crippen molar-refractivity contribution in [2.75, 3.05) is 13.1 Å². The highest BCUT2D eigenvalue weighted by molar-refractivity contribution is 6.20. The molecule has 3 fully saturated rings. The summed E-state index contributed by atoms with van der Waals surface area (Å²) < 4.78 is 19.1. The minimum Gasteiger partial charge on any atom is -0.458 e. The third-order valence-corrected chi connectivity index (χ3v) is 9.52. The second-order valence-corrected chi connectivity index (χ2v) is 11.6. The van der Waals surface area contributed by atoms with Gasteiger partial charge < -0.3 is 18.7 Å². The Morgan fingerprint density at radius 3 is 1.80 bits per heavy atom. The summed E-state index contributed by atoms with van der Waals surface area (Å²) in [6, 6.07) is 28.1. The van der Waals surface area contributed by atoms with Crippen LogP contribution in [0.3, 0.4) is 0 Å². The molecule has 6 rings (SSSR count). The summed E-state index contributed by atoms with van der Waals surface area (Å²) in [5.74, 6) is -0.619. The van der Waals surface area contributed by atoms with Crippen LogP contribution in [0.2, 0.25) is 0 Å². The van der Waals surface area contributed by atoms with E-state index in [1.807, 2.05) is 42.5 Å². The minimum absolute atomic E-state index is 0.231. The van der Waals surface area contributed by atoms with Crippen LogP contribution in [-0.4, -0.2) is 47.9 Å². The van der Waals surface area contributed by atoms with Gasteiger partial charge in [0.25, 0.3) is 5.60 Å². The van der Waals surface area contributed by atoms with Gasteiger partial charge in [-0.05, 0) is 0 Å². The van der Waals surface area contributed by atoms with Gasteiger partial charge in [-0.15, -0.1) is 0 Å². The van der Waals surface area contributed by atoms with Crippen LogP contribution < -0.4 is 0 Å². The third-order valence-electron chi connectivity index (χ3n) is 9.18. The van der Waals surface area contributed by atoms with Gasteiger partial charge >= 0.3 is 12.1 Å². The number of carbonyl (C=O) groups excluding carboxylic acids is 2. The SMILES string of the molecule is O=C(OC(Cl)c1ccccc1)OC(C(=O)OC1CC2CCC(C1)[N+]21CCCC1)(c1ccccc1)c1ccccc1. The number of hydrogen-bond acceptors (Lipinski definition) is 5. The molecular weight excluding hydrogens is 526 g/mol. The molecule has 3 atom stereocenters. The Balaban J connectivity index is 1.31. The zero-order chi connectivity index (χ0) is 27.6. The van der Waals surface area contributed by atoms with Crippen molar-refractivity contribution in [2.24, 2.45) is 0 Å². The maximum atomic E-state index is 14.4. The molecule has 0 saturated carbocycles. The van der Waals surface area contributed by atoms with Gasteiger partial charge in [-0.1, -0.05) is 103 Å². The Bertz CT molecular complexity index is 1260. The Labute approximate surface area is 240 Å². The molecule has 208 valence electrons. The monoisotopic (exact) mass is 560 g/mol. The van der Waals surface area contributed by atoms with Gasteiger partial charge in [0.15, 0.2) is 0 Å². The molecule has 6 nitrogen and oxygen atoms in total. The van der Waals surface area contributed by atoms with Crippen molar-refractivity contribution in [3.8, 4) is 0 Å². The lowest BCUT2D eigenvalue weighted by atomic mass is 9.85. The molecule has 2 bridgehead atoms. The Morgan fingerprint density at radius 2 is 1.27 bits per heavy atom. The van der Waals surface area contributed by atoms with E-state index in [1.54, 1.807) is 48.5 Å². The fourth-order valence-corrected chi connectivity index (χ4v) is 7.57. The average molecular weight is 561 g/mol. The molecule has 3 aromatic carbocycles. The summed E-state index contributed by atoms with van der Waals surface area (Å²) in [5.41, 5.74) is -1.37. The number of hydrogen-bond donors (Lipinski definition) is 0. The van der Waals surface area contributed by atoms with E-state index < -0.39 is 23.3 Å². The number of piperidine rings is 1. The zero-order valence-corrected chi connectivity index (χ0v) is 23.2. The van der Waals surface area contributed by atoms with Crippen molar-refractivity contribution < 1.29 is 28.3 Å². The van der Waals surface area contributed by atoms with Crippen molar-refractivity contribution in [1.82, 2.24) is 0 Å². The third kappa shape index (κ3) is 4.88. The lowest BCUT2D eigenvalue weighted by Crippen LogP contribution is -2.60. The first-order chi connectivity index (χ1) is 19.5. The number of halogens is 1. The van der Waals surface area contributed by atoms with Crippen molar-refractivity contribution >= 4 is 23.7 Å². The van der Waals surface area contributed by atoms with Gasteiger partial charge in [-0.3, -0.25) is 0 Å². The molecule has 3 saturated heterocycles. The van der Waals surface area contributed by atoms with E-state index >= 15 is 0 Å². The lowest BCUT2D eigenvalue weighted by molar-refractivity contribution is -0.956. The quantitative estimate of drug-likeness (QED) is 0.179. The second kappa shape index (κ2) is 11.3. The normalized spacial score (nSPS) is 23.9. The Morgan fingerprint density at radius 1 is 0.775 bits per heavy atom. The minimum atomic E-state index is -1.86. The van der Waals surface area contributed by atoms with Gasteiger partial charge in [0.2, 0.25) is 5.56 Å². The summed E-state index contributed by atoms with van der Waals surface area (Å²) in [7, 11) is 0. The summed E-state index contributed by atoms with van der Waals surface area (Å²) in [6.07, 6.45) is 5.31. The van der Waals surface area contributed by atoms with E-state index in [1.165, 1.54) is 43.3 Å². The van der Waals surface area contributed by atoms with Crippen molar-refractivity contribution in [1.29, 1.82) is 0 Å². The van der Waals surface area contributed by atoms with Gasteiger partial charge in [-0.25, -0.2) is 9.59 Å². The number of ether oxygens (including phenoxy) is 3. The van der Waals surface area contributed by atoms with Crippen molar-refractivity contribution in [3.63, 3.8) is 0 Å². The van der Waals surface area contributed by atoms with Crippen LogP contribution >= 0.6 is 11.6 Å². The van der Waals surface area contributed by atoms with Crippen LogP contribution in [-0.2, 0) is 24.6 Å². The van der Waals surface area contributed by atoms with Crippen LogP contribution in [0.4, 0.5) is 4.79 Å². The first kappa shape index (κ1) is 26.9. The molecular formula is C33H35ClNO5+. The molecule has 0 amide bonds. The van der Waals surface area contributed by atoms with E-state index in [4.69, 9.17) is 25.8 Å². The van der Waals surface area contributed by atoms with Crippen LogP contribution in [0.1, 0.15) is 60.8 Å². The fourth-order valence-electron chi connectivity index (χ4n) is 7.35. The average Bonchev–Trinajstić information content (AvgIpc) is 3.53. The first-order valence-corrected chi connectivity index (χ1v) is 14.7. The summed E-state index contributed by atoms with van der Waals surface area (Å²) in [6.45, 7) is 2.48. The summed E-state index contributed by atoms with van der Waals surface area (Å²) in [5, 5.41) is 0. The van der Waals surface area contributed by atoms with Gasteiger partial charge in [-0.2, -0.15) is 0 Å². The maximum Gasteiger partial charge on any atom is 0.511 e. The summed E-state index contributed by atoms with van der Waals surface area (Å²) in [4.78, 5) is 27.7. The van der Waals surface area contributed by atoms with Gasteiger partial charge in [0, 0.05) is 55.2 Å². The van der Waals surface area contributed by atoms with Crippen molar-refractivity contribution in [3.05, 3.63) is 108 Å². The second-order valence-electron chi connectivity index (χ2n) is 11.3. The van der Waals surface area contributed by atoms with Crippen molar-refractivity contribution in [2.45, 2.75) is 67.9 Å². The number of quaternary nitrogens is 1. The molecule has 3 aromatic rings. The Hall–Kier alpha value is -3.35. The topological polar surface area (TPSA) is 61.8 Å². The number of carbonyl (C=O) groups is 2. The molecule has 1 spiro atoms. The standard InChI is InChI=1S/C33H35ClNO5/c34-30(24-12-4-1-5-13-24)39-32(37)40-33(25-14-6-2-7-15-25,26-16-8-3-9-17-26)31(36)38-29-22-27-18-19-28(23-29)35(27)20-10-11-21-35/h1-9,12-17,27-30H,10-11,18-23H2/q+1. The molecule has 3 heterocycles. The highest BCUT2D eigenvalue weighted by Gasteiger charge is 2.57. The summed E-state index contributed by atoms with van der Waals surface area (Å²) >= 11 is 6.41. The van der Waals surface area contributed by atoms with Crippen LogP contribution in [0.5, 0.6) is 0 Å². The van der Waals surface area contributed by atoms with Crippen LogP contribution in [0, 0.1) is 0 Å². The molecule has 3 aliphatic heterocycles. The molecule has 0 N–H and O–H groups in total. The highest BCUT2D eigenvalue weighted by atomic mass is 35.5. The van der Waals surface area contributed by atoms with E-state index in [2.05, 4.69) is 0 Å². The molecule has 7 heteroatoms. The Kier molecular flexibility index (Phi) is 7.56. The van der Waals surface area contributed by atoms with Crippen LogP contribution in [0.15, 0.2) is 91.0 Å². The number of rotatable bonds is 7. The van der Waals surface area contributed by atoms with Gasteiger partial charge in [0.05, 0.1) is 25.2 Å². The van der Waals surface area contributed by atoms with Gasteiger partial charge in [0.1, 0.15) is 6.10 Å². The molecule has 40 heavy (non-hydrogen) atoms. The smallest absolute Gasteiger partial charge is 0.458 e. The lowest BCUT2D eigenvalue weighted by Gasteiger charge is -2.47. The predicted octanol–water partition coefficient (Wildman–Crippen LogP) is 6.87. The highest BCUT2D eigenvalue weighted by Crippen LogP contribution is 2.47. The number of esters is 1.